The third-order valence-electron chi connectivity index (χ3n) is 5.01. The van der Waals surface area contributed by atoms with E-state index in [2.05, 4.69) is 20.6 Å². The van der Waals surface area contributed by atoms with E-state index in [1.807, 2.05) is 33.8 Å². The van der Waals surface area contributed by atoms with Gasteiger partial charge in [0.1, 0.15) is 12.1 Å². The van der Waals surface area contributed by atoms with Gasteiger partial charge in [-0.2, -0.15) is 0 Å². The number of hydrogen-bond acceptors (Lipinski definition) is 5. The number of benzene rings is 1. The maximum absolute atomic E-state index is 14.7. The summed E-state index contributed by atoms with van der Waals surface area (Å²) >= 11 is 0. The predicted molar refractivity (Wildman–Crippen MR) is 110 cm³/mol. The predicted octanol–water partition coefficient (Wildman–Crippen LogP) is 2.48. The van der Waals surface area contributed by atoms with Crippen LogP contribution in [0.4, 0.5) is 4.39 Å². The molecule has 0 unspecified atom stereocenters. The van der Waals surface area contributed by atoms with E-state index < -0.39 is 11.9 Å². The lowest BCUT2D eigenvalue weighted by atomic mass is 10.0. The molecular formula is C22H27FN4O3. The fourth-order valence-electron chi connectivity index (χ4n) is 3.53. The molecule has 7 nitrogen and oxygen atoms in total. The van der Waals surface area contributed by atoms with E-state index in [0.29, 0.717) is 17.7 Å². The van der Waals surface area contributed by atoms with Crippen LogP contribution in [0.2, 0.25) is 0 Å². The lowest BCUT2D eigenvalue weighted by Crippen LogP contribution is -2.50. The molecular weight excluding hydrogens is 387 g/mol. The van der Waals surface area contributed by atoms with Crippen molar-refractivity contribution in [3.8, 4) is 17.0 Å². The van der Waals surface area contributed by atoms with Crippen molar-refractivity contribution in [2.45, 2.75) is 53.2 Å². The lowest BCUT2D eigenvalue weighted by Gasteiger charge is -2.22. The van der Waals surface area contributed by atoms with Crippen LogP contribution in [-0.2, 0) is 16.0 Å². The average Bonchev–Trinajstić information content (AvgIpc) is 3.09. The number of halogens is 1. The number of nitrogens with zero attached hydrogens (tertiary/aromatic N) is 2. The molecule has 0 saturated heterocycles. The van der Waals surface area contributed by atoms with Crippen LogP contribution in [0.1, 0.15) is 37.7 Å². The summed E-state index contributed by atoms with van der Waals surface area (Å²) in [5, 5.41) is 5.46. The summed E-state index contributed by atoms with van der Waals surface area (Å²) in [5.74, 6) is -0.866. The summed E-state index contributed by atoms with van der Waals surface area (Å²) < 4.78 is 20.5. The molecule has 0 fully saturated rings. The van der Waals surface area contributed by atoms with Crippen molar-refractivity contribution < 1.29 is 18.7 Å². The Kier molecular flexibility index (Phi) is 6.34. The zero-order valence-corrected chi connectivity index (χ0v) is 17.9. The number of fused-ring (bicyclic) bond motifs is 1. The summed E-state index contributed by atoms with van der Waals surface area (Å²) in [7, 11) is 0. The van der Waals surface area contributed by atoms with Gasteiger partial charge in [0.2, 0.25) is 11.8 Å². The van der Waals surface area contributed by atoms with E-state index in [-0.39, 0.29) is 36.1 Å². The Hall–Kier alpha value is -3.03. The van der Waals surface area contributed by atoms with E-state index in [0.717, 1.165) is 17.0 Å². The smallest absolute Gasteiger partial charge is 0.242 e. The van der Waals surface area contributed by atoms with E-state index in [9.17, 15) is 14.0 Å². The van der Waals surface area contributed by atoms with E-state index in [4.69, 9.17) is 4.74 Å². The van der Waals surface area contributed by atoms with Crippen molar-refractivity contribution in [1.82, 2.24) is 20.6 Å². The molecule has 2 aromatic rings. The molecule has 2 heterocycles. The standard InChI is InChI=1S/C22H27FN4O3/c1-11(2)19(27-14(5)28)22(29)25-10-17-7-16-6-15(8-18(23)21(16)30-17)20-13(4)24-9-12(3)26-20/h6,8-9,11,17,19H,7,10H2,1-5H3,(H,25,29)(H,27,28)/t17-,19-/m1/s1. The molecule has 2 N–H and O–H groups in total. The number of nitrogens with one attached hydrogen (secondary N) is 2. The number of aromatic nitrogens is 2. The minimum Gasteiger partial charge on any atom is -0.485 e. The highest BCUT2D eigenvalue weighted by Crippen LogP contribution is 2.35. The van der Waals surface area contributed by atoms with Gasteiger partial charge in [-0.05, 0) is 31.9 Å². The molecule has 8 heteroatoms. The van der Waals surface area contributed by atoms with Crippen molar-refractivity contribution in [1.29, 1.82) is 0 Å². The summed E-state index contributed by atoms with van der Waals surface area (Å²) in [4.78, 5) is 32.6. The summed E-state index contributed by atoms with van der Waals surface area (Å²) in [6.07, 6.45) is 1.75. The van der Waals surface area contributed by atoms with Crippen LogP contribution in [-0.4, -0.2) is 40.5 Å². The van der Waals surface area contributed by atoms with Crippen LogP contribution >= 0.6 is 0 Å². The van der Waals surface area contributed by atoms with Gasteiger partial charge >= 0.3 is 0 Å². The molecule has 1 aromatic carbocycles. The Balaban J connectivity index is 1.71. The Morgan fingerprint density at radius 2 is 2.03 bits per heavy atom. The van der Waals surface area contributed by atoms with Crippen molar-refractivity contribution in [2.75, 3.05) is 6.54 Å². The first-order valence-electron chi connectivity index (χ1n) is 10.00. The first kappa shape index (κ1) is 21.7. The van der Waals surface area contributed by atoms with Gasteiger partial charge in [0.25, 0.3) is 0 Å². The number of rotatable bonds is 6. The highest BCUT2D eigenvalue weighted by atomic mass is 19.1. The Bertz CT molecular complexity index is 977. The number of aryl methyl sites for hydroxylation is 2. The van der Waals surface area contributed by atoms with Gasteiger partial charge in [0.15, 0.2) is 11.6 Å². The molecule has 3 rings (SSSR count). The Morgan fingerprint density at radius 3 is 2.70 bits per heavy atom. The number of ether oxygens (including phenoxy) is 1. The van der Waals surface area contributed by atoms with Crippen LogP contribution in [0.5, 0.6) is 5.75 Å². The normalized spacial score (nSPS) is 16.0. The summed E-state index contributed by atoms with van der Waals surface area (Å²) in [6, 6.07) is 2.64. The van der Waals surface area contributed by atoms with Crippen LogP contribution in [0, 0.1) is 25.6 Å². The molecule has 2 amide bonds. The van der Waals surface area contributed by atoms with Crippen LogP contribution < -0.4 is 15.4 Å². The second-order valence-electron chi connectivity index (χ2n) is 8.00. The number of carbonyl (C=O) groups is 2. The molecule has 0 aliphatic carbocycles. The van der Waals surface area contributed by atoms with Gasteiger partial charge in [-0.1, -0.05) is 13.8 Å². The lowest BCUT2D eigenvalue weighted by molar-refractivity contribution is -0.129. The quantitative estimate of drug-likeness (QED) is 0.758. The Labute approximate surface area is 175 Å². The number of amides is 2. The molecule has 0 bridgehead atoms. The zero-order chi connectivity index (χ0) is 22.0. The monoisotopic (exact) mass is 414 g/mol. The van der Waals surface area contributed by atoms with Gasteiger partial charge in [-0.15, -0.1) is 0 Å². The first-order chi connectivity index (χ1) is 14.2. The first-order valence-corrected chi connectivity index (χ1v) is 10.00. The topological polar surface area (TPSA) is 93.2 Å². The second-order valence-corrected chi connectivity index (χ2v) is 8.00. The third-order valence-corrected chi connectivity index (χ3v) is 5.01. The second kappa shape index (κ2) is 8.77. The van der Waals surface area contributed by atoms with Crippen LogP contribution in [0.25, 0.3) is 11.3 Å². The fourth-order valence-corrected chi connectivity index (χ4v) is 3.53. The molecule has 0 spiro atoms. The third kappa shape index (κ3) is 4.75. The van der Waals surface area contributed by atoms with Crippen molar-refractivity contribution in [3.63, 3.8) is 0 Å². The van der Waals surface area contributed by atoms with Crippen molar-refractivity contribution in [2.24, 2.45) is 5.92 Å². The number of carbonyl (C=O) groups excluding carboxylic acids is 2. The fraction of sp³-hybridized carbons (Fsp3) is 0.455. The molecule has 0 radical (unpaired) electrons. The molecule has 1 aliphatic heterocycles. The molecule has 1 aliphatic rings. The maximum atomic E-state index is 14.7. The molecule has 2 atom stereocenters. The highest BCUT2D eigenvalue weighted by molar-refractivity contribution is 5.87. The SMILES string of the molecule is CC(=O)N[C@@H](C(=O)NC[C@H]1Cc2cc(-c3nc(C)cnc3C)cc(F)c2O1)C(C)C. The number of hydrogen-bond donors (Lipinski definition) is 2. The van der Waals surface area contributed by atoms with Crippen LogP contribution in [0.15, 0.2) is 18.3 Å². The van der Waals surface area contributed by atoms with Crippen molar-refractivity contribution in [3.05, 3.63) is 41.1 Å². The zero-order valence-electron chi connectivity index (χ0n) is 17.9. The minimum atomic E-state index is -0.627. The van der Waals surface area contributed by atoms with Crippen molar-refractivity contribution >= 4 is 11.8 Å². The largest absolute Gasteiger partial charge is 0.485 e. The van der Waals surface area contributed by atoms with E-state index in [1.165, 1.54) is 13.0 Å². The Morgan fingerprint density at radius 1 is 1.30 bits per heavy atom. The summed E-state index contributed by atoms with van der Waals surface area (Å²) in [6.45, 7) is 8.98. The van der Waals surface area contributed by atoms with E-state index >= 15 is 0 Å². The van der Waals surface area contributed by atoms with Gasteiger partial charge in [-0.25, -0.2) is 9.37 Å². The van der Waals surface area contributed by atoms with Gasteiger partial charge < -0.3 is 15.4 Å². The van der Waals surface area contributed by atoms with Gasteiger partial charge in [0, 0.05) is 30.7 Å². The average molecular weight is 414 g/mol. The van der Waals surface area contributed by atoms with Crippen LogP contribution in [0.3, 0.4) is 0 Å². The molecule has 0 saturated carbocycles. The molecule has 160 valence electrons. The molecule has 30 heavy (non-hydrogen) atoms. The maximum Gasteiger partial charge on any atom is 0.242 e. The minimum absolute atomic E-state index is 0.0609. The highest BCUT2D eigenvalue weighted by Gasteiger charge is 2.29. The van der Waals surface area contributed by atoms with E-state index in [1.54, 1.807) is 6.20 Å². The summed E-state index contributed by atoms with van der Waals surface area (Å²) in [5.41, 5.74) is 3.50. The van der Waals surface area contributed by atoms with Gasteiger partial charge in [0.05, 0.1) is 23.6 Å². The molecule has 1 aromatic heterocycles. The van der Waals surface area contributed by atoms with Gasteiger partial charge in [-0.3, -0.25) is 14.6 Å².